The topological polar surface area (TPSA) is 138 Å². The fourth-order valence-electron chi connectivity index (χ4n) is 4.82. The molecule has 1 N–H and O–H groups in total. The third-order valence-corrected chi connectivity index (χ3v) is 6.83. The Kier molecular flexibility index (Phi) is 8.99. The molecule has 0 saturated carbocycles. The lowest BCUT2D eigenvalue weighted by Crippen LogP contribution is -2.40. The number of methoxy groups -OCH3 is 1. The molecule has 2 aromatic heterocycles. The minimum atomic E-state index is -0.420. The number of nitrogens with zero attached hydrogens (tertiary/aromatic N) is 5. The van der Waals surface area contributed by atoms with Crippen LogP contribution in [0.1, 0.15) is 52.0 Å². The number of carbonyl (C=O) groups excluding carboxylic acids is 3. The molecule has 1 saturated heterocycles. The monoisotopic (exact) mass is 520 g/mol. The van der Waals surface area contributed by atoms with Crippen molar-refractivity contribution in [3.8, 4) is 6.07 Å². The van der Waals surface area contributed by atoms with Gasteiger partial charge in [0, 0.05) is 52.2 Å². The predicted octanol–water partition coefficient (Wildman–Crippen LogP) is 2.72. The highest BCUT2D eigenvalue weighted by atomic mass is 16.5. The van der Waals surface area contributed by atoms with Gasteiger partial charge in [0.15, 0.2) is 6.29 Å². The van der Waals surface area contributed by atoms with Crippen LogP contribution in [0.15, 0.2) is 18.3 Å². The first kappa shape index (κ1) is 27.2. The van der Waals surface area contributed by atoms with Gasteiger partial charge in [-0.15, -0.1) is 0 Å². The van der Waals surface area contributed by atoms with Crippen LogP contribution < -0.4 is 10.2 Å². The molecule has 38 heavy (non-hydrogen) atoms. The molecule has 2 aliphatic rings. The number of aromatic nitrogens is 2. The third-order valence-electron chi connectivity index (χ3n) is 6.83. The zero-order chi connectivity index (χ0) is 27.1. The number of aryl methyl sites for hydroxylation is 2. The summed E-state index contributed by atoms with van der Waals surface area (Å²) >= 11 is 0. The maximum atomic E-state index is 13.3. The molecular weight excluding hydrogens is 488 g/mol. The fourth-order valence-corrected chi connectivity index (χ4v) is 4.82. The molecule has 0 spiro atoms. The summed E-state index contributed by atoms with van der Waals surface area (Å²) in [5, 5.41) is 12.2. The van der Waals surface area contributed by atoms with Crippen LogP contribution in [0.4, 0.5) is 16.4 Å². The van der Waals surface area contributed by atoms with Gasteiger partial charge < -0.3 is 14.4 Å². The number of amides is 3. The first-order valence-electron chi connectivity index (χ1n) is 12.7. The second-order valence-corrected chi connectivity index (χ2v) is 9.51. The minimum absolute atomic E-state index is 0.0189. The number of ether oxygens (including phenoxy) is 2. The fraction of sp³-hybridized carbons (Fsp3) is 0.481. The van der Waals surface area contributed by atoms with Crippen molar-refractivity contribution in [2.45, 2.75) is 38.6 Å². The van der Waals surface area contributed by atoms with E-state index in [-0.39, 0.29) is 24.1 Å². The van der Waals surface area contributed by atoms with E-state index < -0.39 is 6.03 Å². The number of hydrogen-bond donors (Lipinski definition) is 1. The van der Waals surface area contributed by atoms with Gasteiger partial charge in [-0.3, -0.25) is 19.8 Å². The first-order valence-corrected chi connectivity index (χ1v) is 12.7. The zero-order valence-electron chi connectivity index (χ0n) is 21.7. The summed E-state index contributed by atoms with van der Waals surface area (Å²) in [5.74, 6) is 0.568. The van der Waals surface area contributed by atoms with Crippen molar-refractivity contribution >= 4 is 29.9 Å². The number of hydrogen-bond acceptors (Lipinski definition) is 8. The lowest BCUT2D eigenvalue weighted by molar-refractivity contribution is -0.134. The Morgan fingerprint density at radius 2 is 2.21 bits per heavy atom. The van der Waals surface area contributed by atoms with Crippen molar-refractivity contribution in [1.29, 1.82) is 5.26 Å². The summed E-state index contributed by atoms with van der Waals surface area (Å²) in [6.45, 7) is 2.23. The number of nitriles is 1. The van der Waals surface area contributed by atoms with Crippen LogP contribution in [-0.4, -0.2) is 73.6 Å². The average molecular weight is 521 g/mol. The van der Waals surface area contributed by atoms with Crippen LogP contribution in [0, 0.1) is 17.2 Å². The normalized spacial score (nSPS) is 16.4. The van der Waals surface area contributed by atoms with E-state index >= 15 is 0 Å². The van der Waals surface area contributed by atoms with Crippen LogP contribution in [0.2, 0.25) is 0 Å². The number of nitrogens with one attached hydrogen (secondary N) is 1. The summed E-state index contributed by atoms with van der Waals surface area (Å²) in [6.07, 6.45) is 5.58. The smallest absolute Gasteiger partial charge is 0.328 e. The number of carbonyl (C=O) groups is 3. The van der Waals surface area contributed by atoms with E-state index in [1.165, 1.54) is 11.1 Å². The maximum Gasteiger partial charge on any atom is 0.328 e. The van der Waals surface area contributed by atoms with Crippen LogP contribution >= 0.6 is 0 Å². The standard InChI is InChI=1S/C27H32N6O5/c1-32(26(35)20-7-10-38-17-20)15-21-11-19-5-3-8-33(25(19)30-23(21)16-34)27(36)31-24-12-18(6-4-9-37-2)22(13-28)14-29-24/h11-12,14,16,20H,3-10,15,17H2,1-2H3,(H,29,31,36). The highest BCUT2D eigenvalue weighted by Crippen LogP contribution is 2.29. The zero-order valence-corrected chi connectivity index (χ0v) is 21.7. The van der Waals surface area contributed by atoms with Gasteiger partial charge in [0.25, 0.3) is 0 Å². The molecule has 1 atom stereocenters. The molecule has 0 aliphatic carbocycles. The molecule has 0 aromatic carbocycles. The minimum Gasteiger partial charge on any atom is -0.385 e. The molecule has 3 amide bonds. The van der Waals surface area contributed by atoms with E-state index in [2.05, 4.69) is 21.4 Å². The lowest BCUT2D eigenvalue weighted by atomic mass is 10.0. The van der Waals surface area contributed by atoms with E-state index in [9.17, 15) is 19.6 Å². The van der Waals surface area contributed by atoms with E-state index in [4.69, 9.17) is 9.47 Å². The third kappa shape index (κ3) is 6.15. The summed E-state index contributed by atoms with van der Waals surface area (Å²) in [7, 11) is 3.33. The van der Waals surface area contributed by atoms with Gasteiger partial charge in [0.2, 0.25) is 5.91 Å². The molecule has 200 valence electrons. The lowest BCUT2D eigenvalue weighted by Gasteiger charge is -2.29. The van der Waals surface area contributed by atoms with Gasteiger partial charge in [-0.2, -0.15) is 5.26 Å². The number of fused-ring (bicyclic) bond motifs is 1. The van der Waals surface area contributed by atoms with Crippen molar-refractivity contribution in [1.82, 2.24) is 14.9 Å². The Morgan fingerprint density at radius 1 is 1.37 bits per heavy atom. The van der Waals surface area contributed by atoms with Gasteiger partial charge in [-0.25, -0.2) is 14.8 Å². The number of anilines is 2. The molecule has 11 nitrogen and oxygen atoms in total. The van der Waals surface area contributed by atoms with Gasteiger partial charge in [-0.05, 0) is 55.4 Å². The van der Waals surface area contributed by atoms with Crippen molar-refractivity contribution < 1.29 is 23.9 Å². The summed E-state index contributed by atoms with van der Waals surface area (Å²) in [5.41, 5.74) is 2.91. The average Bonchev–Trinajstić information content (AvgIpc) is 3.47. The Balaban J connectivity index is 1.51. The highest BCUT2D eigenvalue weighted by Gasteiger charge is 2.29. The van der Waals surface area contributed by atoms with E-state index in [1.54, 1.807) is 25.1 Å². The molecular formula is C27H32N6O5. The Bertz CT molecular complexity index is 1240. The molecule has 2 aliphatic heterocycles. The van der Waals surface area contributed by atoms with Crippen molar-refractivity contribution in [3.05, 3.63) is 46.3 Å². The maximum absolute atomic E-state index is 13.3. The van der Waals surface area contributed by atoms with Crippen molar-refractivity contribution in [2.75, 3.05) is 50.7 Å². The quantitative estimate of drug-likeness (QED) is 0.394. The Labute approximate surface area is 221 Å². The second kappa shape index (κ2) is 12.6. The van der Waals surface area contributed by atoms with E-state index in [0.717, 1.165) is 24.0 Å². The Hall–Kier alpha value is -3.88. The van der Waals surface area contributed by atoms with E-state index in [0.29, 0.717) is 74.7 Å². The van der Waals surface area contributed by atoms with E-state index in [1.807, 2.05) is 6.07 Å². The largest absolute Gasteiger partial charge is 0.385 e. The van der Waals surface area contributed by atoms with Gasteiger partial charge in [-0.1, -0.05) is 0 Å². The molecule has 11 heteroatoms. The predicted molar refractivity (Wildman–Crippen MR) is 139 cm³/mol. The van der Waals surface area contributed by atoms with Crippen LogP contribution in [0.25, 0.3) is 0 Å². The summed E-state index contributed by atoms with van der Waals surface area (Å²) in [6, 6.07) is 5.28. The molecule has 1 unspecified atom stereocenters. The molecule has 2 aromatic rings. The van der Waals surface area contributed by atoms with Crippen molar-refractivity contribution in [3.63, 3.8) is 0 Å². The highest BCUT2D eigenvalue weighted by molar-refractivity contribution is 6.01. The van der Waals surface area contributed by atoms with Gasteiger partial charge in [0.05, 0.1) is 18.1 Å². The molecule has 1 fully saturated rings. The summed E-state index contributed by atoms with van der Waals surface area (Å²) < 4.78 is 10.4. The first-order chi connectivity index (χ1) is 18.4. The molecule has 4 rings (SSSR count). The van der Waals surface area contributed by atoms with Crippen LogP contribution in [0.5, 0.6) is 0 Å². The molecule has 4 heterocycles. The molecule has 0 radical (unpaired) electrons. The number of rotatable bonds is 9. The van der Waals surface area contributed by atoms with Crippen LogP contribution in [0.3, 0.4) is 0 Å². The second-order valence-electron chi connectivity index (χ2n) is 9.51. The number of aldehydes is 1. The number of urea groups is 1. The molecule has 0 bridgehead atoms. The number of pyridine rings is 2. The Morgan fingerprint density at radius 3 is 2.92 bits per heavy atom. The van der Waals surface area contributed by atoms with Crippen molar-refractivity contribution in [2.24, 2.45) is 5.92 Å². The van der Waals surface area contributed by atoms with Gasteiger partial charge >= 0.3 is 6.03 Å². The van der Waals surface area contributed by atoms with Gasteiger partial charge in [0.1, 0.15) is 23.4 Å². The summed E-state index contributed by atoms with van der Waals surface area (Å²) in [4.78, 5) is 49.8. The SMILES string of the molecule is COCCCc1cc(NC(=O)N2CCCc3cc(CN(C)C(=O)C4CCOC4)c(C=O)nc32)ncc1C#N. The van der Waals surface area contributed by atoms with Crippen LogP contribution in [-0.2, 0) is 33.7 Å².